The van der Waals surface area contributed by atoms with E-state index in [1.165, 1.54) is 12.1 Å². The number of hydrogen-bond donors (Lipinski definition) is 3. The second-order valence-corrected chi connectivity index (χ2v) is 3.22. The van der Waals surface area contributed by atoms with E-state index in [-0.39, 0.29) is 11.5 Å². The summed E-state index contributed by atoms with van der Waals surface area (Å²) < 4.78 is 0. The van der Waals surface area contributed by atoms with Gasteiger partial charge in [0, 0.05) is 6.20 Å². The van der Waals surface area contributed by atoms with Crippen LogP contribution in [0.25, 0.3) is 0 Å². The summed E-state index contributed by atoms with van der Waals surface area (Å²) in [7, 11) is 0. The third-order valence-electron chi connectivity index (χ3n) is 2.10. The van der Waals surface area contributed by atoms with E-state index in [4.69, 9.17) is 5.11 Å². The third-order valence-corrected chi connectivity index (χ3v) is 2.10. The average Bonchev–Trinajstić information content (AvgIpc) is 2.73. The van der Waals surface area contributed by atoms with Crippen molar-refractivity contribution in [3.8, 4) is 11.5 Å². The lowest BCUT2D eigenvalue weighted by Gasteiger charge is -2.01. The Morgan fingerprint density at radius 3 is 2.80 bits per heavy atom. The Hall–Kier alpha value is -1.97. The van der Waals surface area contributed by atoms with E-state index in [1.54, 1.807) is 12.4 Å². The summed E-state index contributed by atoms with van der Waals surface area (Å²) in [6.45, 7) is 0. The number of phenols is 2. The zero-order valence-electron chi connectivity index (χ0n) is 8.01. The maximum atomic E-state index is 9.27. The van der Waals surface area contributed by atoms with E-state index in [2.05, 4.69) is 9.97 Å². The lowest BCUT2D eigenvalue weighted by molar-refractivity contribution is 0.403. The topological polar surface area (TPSA) is 69.1 Å². The minimum atomic E-state index is -0.106. The summed E-state index contributed by atoms with van der Waals surface area (Å²) in [6, 6.07) is 4.72. The van der Waals surface area contributed by atoms with Crippen molar-refractivity contribution in [2.24, 2.45) is 0 Å². The molecule has 0 saturated carbocycles. The highest BCUT2D eigenvalue weighted by atomic mass is 16.3. The van der Waals surface area contributed by atoms with E-state index >= 15 is 0 Å². The van der Waals surface area contributed by atoms with Gasteiger partial charge in [0.1, 0.15) is 0 Å². The van der Waals surface area contributed by atoms with Gasteiger partial charge >= 0.3 is 0 Å². The van der Waals surface area contributed by atoms with Gasteiger partial charge in [-0.1, -0.05) is 6.07 Å². The number of H-pyrrole nitrogens is 1. The molecule has 15 heavy (non-hydrogen) atoms. The van der Waals surface area contributed by atoms with Crippen LogP contribution in [0.2, 0.25) is 0 Å². The summed E-state index contributed by atoms with van der Waals surface area (Å²) in [6.07, 6.45) is 6.05. The molecule has 2 aromatic rings. The van der Waals surface area contributed by atoms with Gasteiger partial charge in [-0.05, 0) is 30.5 Å². The van der Waals surface area contributed by atoms with Gasteiger partial charge in [0.05, 0.1) is 12.0 Å². The van der Waals surface area contributed by atoms with Crippen molar-refractivity contribution in [2.75, 3.05) is 0 Å². The fourth-order valence-electron chi connectivity index (χ4n) is 1.29. The molecular formula is C11H11N2O2. The monoisotopic (exact) mass is 203 g/mol. The molecule has 0 aliphatic heterocycles. The average molecular weight is 203 g/mol. The molecule has 0 unspecified atom stereocenters. The first-order chi connectivity index (χ1) is 7.25. The summed E-state index contributed by atoms with van der Waals surface area (Å²) in [5, 5.41) is 18.4. The molecule has 1 aromatic carbocycles. The molecule has 2 rings (SSSR count). The van der Waals surface area contributed by atoms with Gasteiger partial charge in [-0.15, -0.1) is 0 Å². The minimum absolute atomic E-state index is 0.105. The largest absolute Gasteiger partial charge is 0.504 e. The number of rotatable bonds is 3. The van der Waals surface area contributed by atoms with Gasteiger partial charge in [0.15, 0.2) is 11.5 Å². The standard InChI is InChI=1S/C11H11N2O2/c14-10-4-2-8(5-11(10)15)1-3-9-6-12-7-13-9/h1-2,4-7,14-15H,3H2,(H,12,13). The van der Waals surface area contributed by atoms with Crippen LogP contribution in [0.4, 0.5) is 0 Å². The SMILES string of the molecule is Oc1ccc([CH]Cc2c[nH]cn2)cc1O. The Morgan fingerprint density at radius 1 is 1.27 bits per heavy atom. The fraction of sp³-hybridized carbons (Fsp3) is 0.0909. The van der Waals surface area contributed by atoms with Crippen molar-refractivity contribution in [1.82, 2.24) is 9.97 Å². The quantitative estimate of drug-likeness (QED) is 0.664. The van der Waals surface area contributed by atoms with Crippen LogP contribution in [0.5, 0.6) is 11.5 Å². The lowest BCUT2D eigenvalue weighted by atomic mass is 10.1. The van der Waals surface area contributed by atoms with Gasteiger partial charge in [0.2, 0.25) is 0 Å². The number of nitrogens with zero attached hydrogens (tertiary/aromatic N) is 1. The number of nitrogens with one attached hydrogen (secondary N) is 1. The van der Waals surface area contributed by atoms with Crippen LogP contribution in [0.3, 0.4) is 0 Å². The highest BCUT2D eigenvalue weighted by molar-refractivity contribution is 5.42. The Balaban J connectivity index is 2.02. The van der Waals surface area contributed by atoms with Crippen molar-refractivity contribution >= 4 is 0 Å². The Labute approximate surface area is 87.2 Å². The number of hydrogen-bond acceptors (Lipinski definition) is 3. The van der Waals surface area contributed by atoms with Crippen molar-refractivity contribution in [3.05, 3.63) is 48.4 Å². The van der Waals surface area contributed by atoms with Gasteiger partial charge in [0.25, 0.3) is 0 Å². The van der Waals surface area contributed by atoms with E-state index in [1.807, 2.05) is 12.6 Å². The molecule has 0 aliphatic rings. The van der Waals surface area contributed by atoms with Crippen molar-refractivity contribution in [3.63, 3.8) is 0 Å². The summed E-state index contributed by atoms with van der Waals surface area (Å²) in [4.78, 5) is 6.94. The first-order valence-electron chi connectivity index (χ1n) is 4.58. The first-order valence-corrected chi connectivity index (χ1v) is 4.58. The molecule has 4 heteroatoms. The molecule has 77 valence electrons. The Bertz CT molecular complexity index is 438. The van der Waals surface area contributed by atoms with Crippen LogP contribution >= 0.6 is 0 Å². The number of benzene rings is 1. The van der Waals surface area contributed by atoms with Crippen molar-refractivity contribution < 1.29 is 10.2 Å². The van der Waals surface area contributed by atoms with E-state index in [0.717, 1.165) is 11.3 Å². The van der Waals surface area contributed by atoms with Gasteiger partial charge in [-0.2, -0.15) is 0 Å². The molecule has 0 bridgehead atoms. The highest BCUT2D eigenvalue weighted by Crippen LogP contribution is 2.25. The molecule has 3 N–H and O–H groups in total. The van der Waals surface area contributed by atoms with Crippen molar-refractivity contribution in [1.29, 1.82) is 0 Å². The van der Waals surface area contributed by atoms with Gasteiger partial charge in [-0.3, -0.25) is 0 Å². The molecule has 0 fully saturated rings. The number of imidazole rings is 1. The van der Waals surface area contributed by atoms with Crippen LogP contribution in [-0.4, -0.2) is 20.2 Å². The summed E-state index contributed by atoms with van der Waals surface area (Å²) >= 11 is 0. The molecule has 0 spiro atoms. The normalized spacial score (nSPS) is 10.4. The Kier molecular flexibility index (Phi) is 2.58. The molecule has 1 aromatic heterocycles. The second-order valence-electron chi connectivity index (χ2n) is 3.22. The van der Waals surface area contributed by atoms with E-state index < -0.39 is 0 Å². The van der Waals surface area contributed by atoms with Crippen LogP contribution in [0, 0.1) is 6.42 Å². The third kappa shape index (κ3) is 2.28. The number of aromatic amines is 1. The molecule has 0 aliphatic carbocycles. The number of aromatic nitrogens is 2. The smallest absolute Gasteiger partial charge is 0.157 e. The van der Waals surface area contributed by atoms with Gasteiger partial charge in [-0.25, -0.2) is 4.98 Å². The molecule has 0 saturated heterocycles. The highest BCUT2D eigenvalue weighted by Gasteiger charge is 2.02. The lowest BCUT2D eigenvalue weighted by Crippen LogP contribution is -1.88. The predicted molar refractivity (Wildman–Crippen MR) is 55.5 cm³/mol. The van der Waals surface area contributed by atoms with Crippen LogP contribution in [0.15, 0.2) is 30.7 Å². The van der Waals surface area contributed by atoms with Crippen LogP contribution in [-0.2, 0) is 6.42 Å². The summed E-state index contributed by atoms with van der Waals surface area (Å²) in [5.74, 6) is -0.210. The second kappa shape index (κ2) is 4.04. The molecule has 1 heterocycles. The fourth-order valence-corrected chi connectivity index (χ4v) is 1.29. The Morgan fingerprint density at radius 2 is 2.13 bits per heavy atom. The number of aromatic hydroxyl groups is 2. The minimum Gasteiger partial charge on any atom is -0.504 e. The first kappa shape index (κ1) is 9.58. The molecular weight excluding hydrogens is 192 g/mol. The van der Waals surface area contributed by atoms with Crippen LogP contribution < -0.4 is 0 Å². The van der Waals surface area contributed by atoms with Crippen LogP contribution in [0.1, 0.15) is 11.3 Å². The summed E-state index contributed by atoms with van der Waals surface area (Å²) in [5.41, 5.74) is 1.79. The predicted octanol–water partition coefficient (Wildman–Crippen LogP) is 1.62. The molecule has 0 atom stereocenters. The van der Waals surface area contributed by atoms with E-state index in [0.29, 0.717) is 6.42 Å². The van der Waals surface area contributed by atoms with E-state index in [9.17, 15) is 5.11 Å². The number of phenolic OH excluding ortho intramolecular Hbond substituents is 2. The maximum absolute atomic E-state index is 9.27. The van der Waals surface area contributed by atoms with Gasteiger partial charge < -0.3 is 15.2 Å². The molecule has 1 radical (unpaired) electrons. The van der Waals surface area contributed by atoms with Crippen molar-refractivity contribution in [2.45, 2.75) is 6.42 Å². The zero-order valence-corrected chi connectivity index (χ0v) is 8.01. The maximum Gasteiger partial charge on any atom is 0.157 e. The zero-order chi connectivity index (χ0) is 10.7. The molecule has 0 amide bonds. The molecule has 4 nitrogen and oxygen atoms in total.